The van der Waals surface area contributed by atoms with E-state index in [-0.39, 0.29) is 11.5 Å². The number of ether oxygens (including phenoxy) is 1. The zero-order valence-electron chi connectivity index (χ0n) is 18.4. The Kier molecular flexibility index (Phi) is 5.73. The Labute approximate surface area is 207 Å². The number of rotatable bonds is 6. The number of carbonyl (C=O) groups is 1. The maximum Gasteiger partial charge on any atom is 0.314 e. The molecule has 1 fully saturated rings. The van der Waals surface area contributed by atoms with Crippen LogP contribution in [0.15, 0.2) is 47.5 Å². The minimum absolute atomic E-state index is 0.111. The second-order valence-electron chi connectivity index (χ2n) is 9.04. The summed E-state index contributed by atoms with van der Waals surface area (Å²) < 4.78 is 37.5. The van der Waals surface area contributed by atoms with Crippen LogP contribution in [-0.2, 0) is 36.7 Å². The number of fused-ring (bicyclic) bond motifs is 2. The van der Waals surface area contributed by atoms with Crippen LogP contribution in [0, 0.1) is 15.9 Å². The lowest BCUT2D eigenvalue weighted by atomic mass is 9.86. The Morgan fingerprint density at radius 1 is 1.21 bits per heavy atom. The van der Waals surface area contributed by atoms with E-state index < -0.39 is 21.5 Å². The first kappa shape index (κ1) is 22.7. The van der Waals surface area contributed by atoms with Gasteiger partial charge in [-0.1, -0.05) is 18.2 Å². The smallest absolute Gasteiger partial charge is 0.314 e. The van der Waals surface area contributed by atoms with Gasteiger partial charge >= 0.3 is 5.97 Å². The van der Waals surface area contributed by atoms with Crippen molar-refractivity contribution < 1.29 is 22.1 Å². The van der Waals surface area contributed by atoms with Crippen molar-refractivity contribution in [3.63, 3.8) is 0 Å². The Morgan fingerprint density at radius 2 is 1.97 bits per heavy atom. The number of aromatic nitrogens is 1. The molecule has 2 aliphatic rings. The molecule has 1 aromatic heterocycles. The van der Waals surface area contributed by atoms with Gasteiger partial charge in [0.2, 0.25) is 0 Å². The van der Waals surface area contributed by atoms with Crippen molar-refractivity contribution in [2.75, 3.05) is 13.7 Å². The number of methoxy groups -OCH3 is 1. The summed E-state index contributed by atoms with van der Waals surface area (Å²) in [5.74, 6) is 0.0861. The van der Waals surface area contributed by atoms with E-state index in [1.165, 1.54) is 26.0 Å². The van der Waals surface area contributed by atoms with Crippen LogP contribution in [-0.4, -0.2) is 33.1 Å². The van der Waals surface area contributed by atoms with Gasteiger partial charge in [0.1, 0.15) is 5.41 Å². The molecular formula is C25H24INO5S. The molecule has 6 nitrogen and oxygen atoms in total. The summed E-state index contributed by atoms with van der Waals surface area (Å²) >= 11 is 2.34. The van der Waals surface area contributed by atoms with Crippen molar-refractivity contribution in [1.82, 2.24) is 4.98 Å². The third-order valence-electron chi connectivity index (χ3n) is 6.69. The zero-order valence-corrected chi connectivity index (χ0v) is 21.4. The highest BCUT2D eigenvalue weighted by atomic mass is 127. The predicted molar refractivity (Wildman–Crippen MR) is 133 cm³/mol. The molecule has 2 aromatic carbocycles. The summed E-state index contributed by atoms with van der Waals surface area (Å²) in [6, 6.07) is 10.9. The van der Waals surface area contributed by atoms with Gasteiger partial charge in [-0.25, -0.2) is 0 Å². The number of nitrogens with zero attached hydrogens (tertiary/aromatic N) is 1. The molecule has 0 saturated heterocycles. The van der Waals surface area contributed by atoms with Gasteiger partial charge in [0.15, 0.2) is 0 Å². The quantitative estimate of drug-likeness (QED) is 0.240. The Balaban J connectivity index is 1.49. The van der Waals surface area contributed by atoms with Crippen LogP contribution in [0.3, 0.4) is 0 Å². The normalized spacial score (nSPS) is 20.1. The molecule has 3 aromatic rings. The molecule has 0 N–H and O–H groups in total. The molecule has 1 unspecified atom stereocenters. The van der Waals surface area contributed by atoms with Crippen molar-refractivity contribution in [1.29, 1.82) is 0 Å². The van der Waals surface area contributed by atoms with Crippen LogP contribution in [0.25, 0.3) is 10.8 Å². The molecule has 5 rings (SSSR count). The molecule has 0 aliphatic heterocycles. The van der Waals surface area contributed by atoms with Crippen LogP contribution in [0.4, 0.5) is 0 Å². The molecule has 172 valence electrons. The fourth-order valence-electron chi connectivity index (χ4n) is 4.69. The van der Waals surface area contributed by atoms with Crippen molar-refractivity contribution in [3.05, 3.63) is 68.5 Å². The van der Waals surface area contributed by atoms with Crippen molar-refractivity contribution in [2.24, 2.45) is 5.41 Å². The number of aryl methyl sites for hydroxylation is 1. The van der Waals surface area contributed by atoms with Gasteiger partial charge < -0.3 is 4.74 Å². The second-order valence-corrected chi connectivity index (χ2v) is 11.7. The van der Waals surface area contributed by atoms with E-state index in [4.69, 9.17) is 8.92 Å². The van der Waals surface area contributed by atoms with Gasteiger partial charge in [-0.05, 0) is 95.5 Å². The van der Waals surface area contributed by atoms with Crippen LogP contribution in [0.2, 0.25) is 0 Å². The molecule has 0 amide bonds. The van der Waals surface area contributed by atoms with E-state index in [1.54, 1.807) is 25.1 Å². The number of carbonyl (C=O) groups excluding carboxylic acids is 1. The number of halogens is 1. The fraction of sp³-hybridized carbons (Fsp3) is 0.360. The minimum atomic E-state index is -4.02. The summed E-state index contributed by atoms with van der Waals surface area (Å²) in [6.45, 7) is 1.44. The number of hydrogen-bond donors (Lipinski definition) is 0. The van der Waals surface area contributed by atoms with Gasteiger partial charge in [-0.3, -0.25) is 14.0 Å². The monoisotopic (exact) mass is 577 g/mol. The number of benzene rings is 2. The first-order valence-corrected chi connectivity index (χ1v) is 13.4. The number of pyridine rings is 1. The lowest BCUT2D eigenvalue weighted by Crippen LogP contribution is -2.38. The SMILES string of the molecule is COC(=O)C1(COS(=O)(=O)c2ccccc2C)Cc2cc3cnc(C4CC4)cc3c(I)c2C1. The van der Waals surface area contributed by atoms with E-state index in [0.717, 1.165) is 31.2 Å². The highest BCUT2D eigenvalue weighted by Crippen LogP contribution is 2.45. The average Bonchev–Trinajstić information content (AvgIpc) is 3.58. The topological polar surface area (TPSA) is 82.6 Å². The molecule has 2 aliphatic carbocycles. The van der Waals surface area contributed by atoms with Crippen molar-refractivity contribution in [3.8, 4) is 0 Å². The van der Waals surface area contributed by atoms with Crippen LogP contribution < -0.4 is 0 Å². The van der Waals surface area contributed by atoms with Crippen LogP contribution >= 0.6 is 22.6 Å². The molecule has 33 heavy (non-hydrogen) atoms. The molecule has 1 saturated carbocycles. The Bertz CT molecular complexity index is 1380. The summed E-state index contributed by atoms with van der Waals surface area (Å²) in [6.07, 6.45) is 4.99. The zero-order chi connectivity index (χ0) is 23.4. The highest BCUT2D eigenvalue weighted by molar-refractivity contribution is 14.1. The number of esters is 1. The van der Waals surface area contributed by atoms with Crippen LogP contribution in [0.5, 0.6) is 0 Å². The molecule has 0 radical (unpaired) electrons. The Morgan fingerprint density at radius 3 is 2.67 bits per heavy atom. The molecule has 8 heteroatoms. The van der Waals surface area contributed by atoms with Crippen LogP contribution in [0.1, 0.15) is 41.1 Å². The summed E-state index contributed by atoms with van der Waals surface area (Å²) in [7, 11) is -2.69. The standard InChI is InChI=1S/C25H24INO5S/c1-15-5-3-4-6-22(15)33(29,30)32-14-25(24(28)31-2)11-17-9-18-13-27-21(16-7-8-16)10-19(18)23(26)20(17)12-25/h3-6,9-10,13,16H,7-8,11-12,14H2,1-2H3. The maximum absolute atomic E-state index is 13.0. The highest BCUT2D eigenvalue weighted by Gasteiger charge is 2.47. The van der Waals surface area contributed by atoms with Gasteiger partial charge in [0.05, 0.1) is 18.6 Å². The minimum Gasteiger partial charge on any atom is -0.469 e. The van der Waals surface area contributed by atoms with Gasteiger partial charge in [0, 0.05) is 26.8 Å². The fourth-order valence-corrected chi connectivity index (χ4v) is 6.91. The van der Waals surface area contributed by atoms with E-state index in [1.807, 2.05) is 6.20 Å². The summed E-state index contributed by atoms with van der Waals surface area (Å²) in [5.41, 5.74) is 2.68. The average molecular weight is 577 g/mol. The van der Waals surface area contributed by atoms with Gasteiger partial charge in [-0.15, -0.1) is 0 Å². The molecule has 1 heterocycles. The van der Waals surface area contributed by atoms with E-state index in [9.17, 15) is 13.2 Å². The van der Waals surface area contributed by atoms with E-state index in [2.05, 4.69) is 39.7 Å². The summed E-state index contributed by atoms with van der Waals surface area (Å²) in [5, 5.41) is 2.15. The van der Waals surface area contributed by atoms with Crippen molar-refractivity contribution in [2.45, 2.75) is 43.4 Å². The molecular weight excluding hydrogens is 553 g/mol. The molecule has 1 atom stereocenters. The molecule has 0 bridgehead atoms. The number of hydrogen-bond acceptors (Lipinski definition) is 6. The lowest BCUT2D eigenvalue weighted by molar-refractivity contribution is -0.154. The van der Waals surface area contributed by atoms with Crippen molar-refractivity contribution >= 4 is 49.5 Å². The lowest BCUT2D eigenvalue weighted by Gasteiger charge is -2.25. The predicted octanol–water partition coefficient (Wildman–Crippen LogP) is 4.69. The third kappa shape index (κ3) is 4.06. The first-order chi connectivity index (χ1) is 15.7. The molecule has 0 spiro atoms. The summed E-state index contributed by atoms with van der Waals surface area (Å²) in [4.78, 5) is 17.7. The van der Waals surface area contributed by atoms with E-state index >= 15 is 0 Å². The third-order valence-corrected chi connectivity index (χ3v) is 9.34. The Hall–Kier alpha value is -2.04. The maximum atomic E-state index is 13.0. The van der Waals surface area contributed by atoms with Gasteiger partial charge in [-0.2, -0.15) is 8.42 Å². The van der Waals surface area contributed by atoms with Gasteiger partial charge in [0.25, 0.3) is 10.1 Å². The van der Waals surface area contributed by atoms with E-state index in [0.29, 0.717) is 24.3 Å². The first-order valence-electron chi connectivity index (χ1n) is 10.9. The largest absolute Gasteiger partial charge is 0.469 e. The second kappa shape index (κ2) is 8.32.